The van der Waals surface area contributed by atoms with Crippen molar-refractivity contribution in [3.8, 4) is 5.88 Å². The zero-order chi connectivity index (χ0) is 9.14. The Balaban J connectivity index is 2.86. The Bertz CT molecular complexity index is 280. The van der Waals surface area contributed by atoms with E-state index in [9.17, 15) is 0 Å². The first-order valence-corrected chi connectivity index (χ1v) is 5.12. The number of hydrogen-bond acceptors (Lipinski definition) is 3. The van der Waals surface area contributed by atoms with Crippen molar-refractivity contribution in [1.29, 1.82) is 0 Å². The number of aliphatic hydroxyl groups excluding tert-OH is 1. The summed E-state index contributed by atoms with van der Waals surface area (Å²) in [6, 6.07) is 1.87. The Labute approximate surface area is 92.4 Å². The fourth-order valence-corrected chi connectivity index (χ4v) is 1.97. The normalized spacial score (nSPS) is 12.7. The summed E-state index contributed by atoms with van der Waals surface area (Å²) in [5, 5.41) is 8.91. The van der Waals surface area contributed by atoms with Gasteiger partial charge in [0.05, 0.1) is 4.47 Å². The van der Waals surface area contributed by atoms with E-state index in [2.05, 4.69) is 43.5 Å². The van der Waals surface area contributed by atoms with Crippen LogP contribution in [0.3, 0.4) is 0 Å². The standard InChI is InChI=1S/C7H7BrINO2/c1-4(11)12-7-6(8)2-5(9)3-10-7/h2-4,11H,1H3. The maximum atomic E-state index is 8.91. The van der Waals surface area contributed by atoms with Gasteiger partial charge in [-0.05, 0) is 51.5 Å². The van der Waals surface area contributed by atoms with Crippen LogP contribution in [0.5, 0.6) is 5.88 Å². The smallest absolute Gasteiger partial charge is 0.230 e. The summed E-state index contributed by atoms with van der Waals surface area (Å²) in [7, 11) is 0. The van der Waals surface area contributed by atoms with Crippen molar-refractivity contribution in [2.75, 3.05) is 0 Å². The van der Waals surface area contributed by atoms with Gasteiger partial charge in [-0.15, -0.1) is 0 Å². The van der Waals surface area contributed by atoms with Gasteiger partial charge in [0.25, 0.3) is 0 Å². The van der Waals surface area contributed by atoms with Gasteiger partial charge < -0.3 is 9.84 Å². The van der Waals surface area contributed by atoms with Crippen LogP contribution in [0.25, 0.3) is 0 Å². The number of rotatable bonds is 2. The first-order valence-electron chi connectivity index (χ1n) is 3.25. The van der Waals surface area contributed by atoms with Gasteiger partial charge in [-0.1, -0.05) is 0 Å². The van der Waals surface area contributed by atoms with Crippen molar-refractivity contribution in [2.24, 2.45) is 0 Å². The maximum absolute atomic E-state index is 8.91. The molecule has 0 spiro atoms. The quantitative estimate of drug-likeness (QED) is 0.661. The van der Waals surface area contributed by atoms with E-state index >= 15 is 0 Å². The minimum absolute atomic E-state index is 0.408. The second kappa shape index (κ2) is 4.38. The summed E-state index contributed by atoms with van der Waals surface area (Å²) in [6.45, 7) is 1.53. The molecule has 1 heterocycles. The molecule has 0 fully saturated rings. The molecule has 1 aromatic heterocycles. The van der Waals surface area contributed by atoms with Crippen molar-refractivity contribution in [1.82, 2.24) is 4.98 Å². The van der Waals surface area contributed by atoms with Gasteiger partial charge in [-0.25, -0.2) is 4.98 Å². The van der Waals surface area contributed by atoms with Gasteiger partial charge in [-0.2, -0.15) is 0 Å². The lowest BCUT2D eigenvalue weighted by molar-refractivity contribution is -0.00432. The Morgan fingerprint density at radius 1 is 1.75 bits per heavy atom. The van der Waals surface area contributed by atoms with E-state index in [-0.39, 0.29) is 0 Å². The fraction of sp³-hybridized carbons (Fsp3) is 0.286. The van der Waals surface area contributed by atoms with Crippen LogP contribution in [0, 0.1) is 3.57 Å². The molecule has 0 radical (unpaired) electrons. The van der Waals surface area contributed by atoms with Crippen molar-refractivity contribution < 1.29 is 9.84 Å². The summed E-state index contributed by atoms with van der Waals surface area (Å²) in [5.41, 5.74) is 0. The maximum Gasteiger partial charge on any atom is 0.230 e. The number of aromatic nitrogens is 1. The summed E-state index contributed by atoms with van der Waals surface area (Å²) in [5.74, 6) is 0.408. The summed E-state index contributed by atoms with van der Waals surface area (Å²) >= 11 is 5.42. The van der Waals surface area contributed by atoms with Gasteiger partial charge in [0.15, 0.2) is 6.29 Å². The van der Waals surface area contributed by atoms with E-state index in [1.54, 1.807) is 6.20 Å². The van der Waals surface area contributed by atoms with E-state index in [4.69, 9.17) is 9.84 Å². The lowest BCUT2D eigenvalue weighted by Crippen LogP contribution is -2.10. The van der Waals surface area contributed by atoms with Gasteiger partial charge in [0.1, 0.15) is 0 Å². The molecule has 0 aliphatic carbocycles. The third-order valence-corrected chi connectivity index (χ3v) is 2.21. The average molecular weight is 344 g/mol. The largest absolute Gasteiger partial charge is 0.447 e. The SMILES string of the molecule is CC(O)Oc1ncc(I)cc1Br. The van der Waals surface area contributed by atoms with Crippen LogP contribution in [0.2, 0.25) is 0 Å². The molecule has 5 heteroatoms. The van der Waals surface area contributed by atoms with E-state index < -0.39 is 6.29 Å². The number of aliphatic hydroxyl groups is 1. The number of nitrogens with zero attached hydrogens (tertiary/aromatic N) is 1. The lowest BCUT2D eigenvalue weighted by atomic mass is 10.5. The number of hydrogen-bond donors (Lipinski definition) is 1. The van der Waals surface area contributed by atoms with Gasteiger partial charge >= 0.3 is 0 Å². The molecule has 66 valence electrons. The second-order valence-corrected chi connectivity index (χ2v) is 4.26. The predicted octanol–water partition coefficient (Wildman–Crippen LogP) is 2.17. The first kappa shape index (κ1) is 10.2. The Hall–Kier alpha value is 0.120. The minimum atomic E-state index is -0.839. The van der Waals surface area contributed by atoms with Crippen molar-refractivity contribution in [2.45, 2.75) is 13.2 Å². The molecule has 3 nitrogen and oxygen atoms in total. The molecule has 12 heavy (non-hydrogen) atoms. The Morgan fingerprint density at radius 2 is 2.42 bits per heavy atom. The van der Waals surface area contributed by atoms with Gasteiger partial charge in [0, 0.05) is 9.77 Å². The van der Waals surface area contributed by atoms with Crippen LogP contribution in [-0.4, -0.2) is 16.4 Å². The minimum Gasteiger partial charge on any atom is -0.447 e. The number of pyridine rings is 1. The molecular formula is C7H7BrINO2. The highest BCUT2D eigenvalue weighted by Gasteiger charge is 2.05. The summed E-state index contributed by atoms with van der Waals surface area (Å²) < 4.78 is 6.75. The molecule has 0 bridgehead atoms. The number of halogens is 2. The molecular weight excluding hydrogens is 337 g/mol. The average Bonchev–Trinajstić information content (AvgIpc) is 1.94. The Kier molecular flexibility index (Phi) is 3.73. The van der Waals surface area contributed by atoms with Crippen molar-refractivity contribution in [3.05, 3.63) is 20.3 Å². The van der Waals surface area contributed by atoms with Crippen molar-refractivity contribution >= 4 is 38.5 Å². The third-order valence-electron chi connectivity index (χ3n) is 1.06. The van der Waals surface area contributed by atoms with E-state index in [0.717, 1.165) is 8.04 Å². The van der Waals surface area contributed by atoms with E-state index in [1.165, 1.54) is 6.92 Å². The third kappa shape index (κ3) is 2.87. The van der Waals surface area contributed by atoms with Crippen LogP contribution in [0.1, 0.15) is 6.92 Å². The Morgan fingerprint density at radius 3 is 2.92 bits per heavy atom. The van der Waals surface area contributed by atoms with Crippen LogP contribution < -0.4 is 4.74 Å². The molecule has 1 aromatic rings. The summed E-state index contributed by atoms with van der Waals surface area (Å²) in [6.07, 6.45) is 0.831. The molecule has 0 saturated heterocycles. The molecule has 0 aliphatic rings. The fourth-order valence-electron chi connectivity index (χ4n) is 0.650. The van der Waals surface area contributed by atoms with Crippen LogP contribution in [0.4, 0.5) is 0 Å². The van der Waals surface area contributed by atoms with Gasteiger partial charge in [0.2, 0.25) is 5.88 Å². The molecule has 0 saturated carbocycles. The van der Waals surface area contributed by atoms with Gasteiger partial charge in [-0.3, -0.25) is 0 Å². The number of ether oxygens (including phenoxy) is 1. The molecule has 0 amide bonds. The van der Waals surface area contributed by atoms with E-state index in [1.807, 2.05) is 6.07 Å². The highest BCUT2D eigenvalue weighted by molar-refractivity contribution is 14.1. The zero-order valence-corrected chi connectivity index (χ0v) is 10.0. The van der Waals surface area contributed by atoms with Crippen molar-refractivity contribution in [3.63, 3.8) is 0 Å². The predicted molar refractivity (Wildman–Crippen MR) is 57.0 cm³/mol. The first-order chi connectivity index (χ1) is 5.59. The molecule has 1 N–H and O–H groups in total. The molecule has 1 unspecified atom stereocenters. The van der Waals surface area contributed by atoms with E-state index in [0.29, 0.717) is 5.88 Å². The molecule has 1 atom stereocenters. The highest BCUT2D eigenvalue weighted by Crippen LogP contribution is 2.24. The summed E-state index contributed by atoms with van der Waals surface area (Å²) in [4.78, 5) is 3.98. The lowest BCUT2D eigenvalue weighted by Gasteiger charge is -2.08. The van der Waals surface area contributed by atoms with Crippen LogP contribution in [0.15, 0.2) is 16.7 Å². The molecule has 1 rings (SSSR count). The van der Waals surface area contributed by atoms with Crippen LogP contribution >= 0.6 is 38.5 Å². The zero-order valence-electron chi connectivity index (χ0n) is 6.29. The van der Waals surface area contributed by atoms with Crippen LogP contribution in [-0.2, 0) is 0 Å². The monoisotopic (exact) mass is 343 g/mol. The topological polar surface area (TPSA) is 42.4 Å². The highest BCUT2D eigenvalue weighted by atomic mass is 127. The molecule has 0 aromatic carbocycles. The molecule has 0 aliphatic heterocycles. The second-order valence-electron chi connectivity index (χ2n) is 2.16.